The third-order valence-corrected chi connectivity index (χ3v) is 2.64. The van der Waals surface area contributed by atoms with E-state index in [0.29, 0.717) is 12.1 Å². The molecular formula is C12H13F3N2O3. The van der Waals surface area contributed by atoms with Crippen molar-refractivity contribution in [2.45, 2.75) is 13.1 Å². The van der Waals surface area contributed by atoms with Crippen molar-refractivity contribution in [3.63, 3.8) is 0 Å². The summed E-state index contributed by atoms with van der Waals surface area (Å²) in [6.07, 6.45) is -4.63. The molecule has 0 fully saturated rings. The lowest BCUT2D eigenvalue weighted by Crippen LogP contribution is -2.27. The van der Waals surface area contributed by atoms with Gasteiger partial charge in [0, 0.05) is 12.5 Å². The quantitative estimate of drug-likeness (QED) is 0.790. The Morgan fingerprint density at radius 2 is 2.00 bits per heavy atom. The molecule has 20 heavy (non-hydrogen) atoms. The predicted octanol–water partition coefficient (Wildman–Crippen LogP) is 1.94. The maximum atomic E-state index is 12.6. The maximum Gasteiger partial charge on any atom is 0.416 e. The van der Waals surface area contributed by atoms with E-state index in [1.807, 2.05) is 0 Å². The highest BCUT2D eigenvalue weighted by Crippen LogP contribution is 2.32. The van der Waals surface area contributed by atoms with Crippen molar-refractivity contribution >= 4 is 17.6 Å². The molecule has 1 amide bonds. The smallest absolute Gasteiger partial charge is 0.416 e. The van der Waals surface area contributed by atoms with E-state index in [0.717, 1.165) is 6.07 Å². The molecule has 8 heteroatoms. The van der Waals surface area contributed by atoms with Gasteiger partial charge < -0.3 is 16.2 Å². The fourth-order valence-electron chi connectivity index (χ4n) is 1.37. The van der Waals surface area contributed by atoms with Crippen LogP contribution in [0.15, 0.2) is 18.2 Å². The Bertz CT molecular complexity index is 529. The van der Waals surface area contributed by atoms with E-state index in [9.17, 15) is 22.8 Å². The van der Waals surface area contributed by atoms with E-state index < -0.39 is 40.8 Å². The fourth-order valence-corrected chi connectivity index (χ4v) is 1.37. The second-order valence-electron chi connectivity index (χ2n) is 4.19. The van der Waals surface area contributed by atoms with E-state index in [1.54, 1.807) is 0 Å². The number of alkyl halides is 3. The number of carbonyl (C=O) groups is 2. The van der Waals surface area contributed by atoms with Crippen LogP contribution >= 0.6 is 0 Å². The zero-order chi connectivity index (χ0) is 15.5. The Morgan fingerprint density at radius 3 is 2.45 bits per heavy atom. The molecule has 1 aromatic carbocycles. The van der Waals surface area contributed by atoms with Crippen LogP contribution in [0, 0.1) is 5.92 Å². The Kier molecular flexibility index (Phi) is 4.72. The van der Waals surface area contributed by atoms with Crippen molar-refractivity contribution in [3.8, 4) is 0 Å². The number of amides is 1. The second-order valence-corrected chi connectivity index (χ2v) is 4.19. The molecule has 4 N–H and O–H groups in total. The second kappa shape index (κ2) is 5.91. The number of nitrogens with one attached hydrogen (secondary N) is 1. The van der Waals surface area contributed by atoms with Crippen LogP contribution in [0.1, 0.15) is 22.8 Å². The number of hydrogen-bond acceptors (Lipinski definition) is 3. The highest BCUT2D eigenvalue weighted by atomic mass is 19.4. The normalized spacial score (nSPS) is 12.8. The molecule has 0 radical (unpaired) electrons. The summed E-state index contributed by atoms with van der Waals surface area (Å²) in [4.78, 5) is 22.6. The van der Waals surface area contributed by atoms with Gasteiger partial charge in [-0.1, -0.05) is 6.92 Å². The van der Waals surface area contributed by atoms with Crippen LogP contribution in [-0.2, 0) is 11.0 Å². The van der Waals surface area contributed by atoms with Crippen LogP contribution < -0.4 is 11.1 Å². The zero-order valence-corrected chi connectivity index (χ0v) is 10.5. The van der Waals surface area contributed by atoms with Gasteiger partial charge >= 0.3 is 12.1 Å². The number of nitrogens with two attached hydrogens (primary N) is 1. The van der Waals surface area contributed by atoms with Crippen LogP contribution in [0.25, 0.3) is 0 Å². The van der Waals surface area contributed by atoms with Crippen molar-refractivity contribution < 1.29 is 27.9 Å². The molecule has 110 valence electrons. The van der Waals surface area contributed by atoms with Gasteiger partial charge in [-0.05, 0) is 18.2 Å². The molecule has 0 saturated carbocycles. The molecule has 1 unspecified atom stereocenters. The van der Waals surface area contributed by atoms with Gasteiger partial charge in [-0.3, -0.25) is 4.79 Å². The SMILES string of the molecule is CC(CN)C(=O)Nc1cc(C(F)(F)F)ccc1C(=O)O. The van der Waals surface area contributed by atoms with E-state index in [2.05, 4.69) is 5.32 Å². The molecule has 0 aromatic heterocycles. The minimum absolute atomic E-state index is 0.00675. The van der Waals surface area contributed by atoms with Crippen LogP contribution in [0.2, 0.25) is 0 Å². The Morgan fingerprint density at radius 1 is 1.40 bits per heavy atom. The summed E-state index contributed by atoms with van der Waals surface area (Å²) in [5.74, 6) is -2.73. The van der Waals surface area contributed by atoms with Gasteiger partial charge in [-0.15, -0.1) is 0 Å². The summed E-state index contributed by atoms with van der Waals surface area (Å²) >= 11 is 0. The number of rotatable bonds is 4. The third-order valence-electron chi connectivity index (χ3n) is 2.64. The van der Waals surface area contributed by atoms with E-state index in [-0.39, 0.29) is 6.54 Å². The molecule has 0 spiro atoms. The minimum Gasteiger partial charge on any atom is -0.478 e. The monoisotopic (exact) mass is 290 g/mol. The van der Waals surface area contributed by atoms with Crippen LogP contribution in [0.4, 0.5) is 18.9 Å². The zero-order valence-electron chi connectivity index (χ0n) is 10.5. The highest BCUT2D eigenvalue weighted by molar-refractivity contribution is 6.01. The van der Waals surface area contributed by atoms with Crippen molar-refractivity contribution in [1.82, 2.24) is 0 Å². The van der Waals surface area contributed by atoms with Crippen molar-refractivity contribution in [2.24, 2.45) is 11.7 Å². The predicted molar refractivity (Wildman–Crippen MR) is 65.3 cm³/mol. The summed E-state index contributed by atoms with van der Waals surface area (Å²) in [5, 5.41) is 11.1. The summed E-state index contributed by atoms with van der Waals surface area (Å²) in [5.41, 5.74) is 3.40. The summed E-state index contributed by atoms with van der Waals surface area (Å²) in [6.45, 7) is 1.47. The Labute approximate surface area is 112 Å². The van der Waals surface area contributed by atoms with Gasteiger partial charge in [0.15, 0.2) is 0 Å². The van der Waals surface area contributed by atoms with E-state index in [1.165, 1.54) is 6.92 Å². The number of hydrogen-bond donors (Lipinski definition) is 3. The number of carboxylic acids is 1. The minimum atomic E-state index is -4.63. The molecule has 0 bridgehead atoms. The lowest BCUT2D eigenvalue weighted by atomic mass is 10.1. The molecule has 0 aliphatic rings. The summed E-state index contributed by atoms with van der Waals surface area (Å²) in [7, 11) is 0. The lowest BCUT2D eigenvalue weighted by molar-refractivity contribution is -0.137. The van der Waals surface area contributed by atoms with Gasteiger partial charge in [-0.2, -0.15) is 13.2 Å². The number of carboxylic acid groups (broad SMARTS) is 1. The molecular weight excluding hydrogens is 277 g/mol. The van der Waals surface area contributed by atoms with E-state index >= 15 is 0 Å². The van der Waals surface area contributed by atoms with Crippen molar-refractivity contribution in [2.75, 3.05) is 11.9 Å². The molecule has 0 saturated heterocycles. The van der Waals surface area contributed by atoms with Gasteiger partial charge in [0.2, 0.25) is 5.91 Å². The Balaban J connectivity index is 3.19. The van der Waals surface area contributed by atoms with Crippen LogP contribution in [0.3, 0.4) is 0 Å². The van der Waals surface area contributed by atoms with Crippen molar-refractivity contribution in [1.29, 1.82) is 0 Å². The number of anilines is 1. The first-order chi connectivity index (χ1) is 9.16. The first-order valence-electron chi connectivity index (χ1n) is 5.62. The molecule has 0 heterocycles. The van der Waals surface area contributed by atoms with Crippen LogP contribution in [-0.4, -0.2) is 23.5 Å². The van der Waals surface area contributed by atoms with E-state index in [4.69, 9.17) is 10.8 Å². The van der Waals surface area contributed by atoms with Gasteiger partial charge in [0.25, 0.3) is 0 Å². The molecule has 1 aromatic rings. The van der Waals surface area contributed by atoms with Gasteiger partial charge in [-0.25, -0.2) is 4.79 Å². The topological polar surface area (TPSA) is 92.4 Å². The Hall–Kier alpha value is -2.09. The number of carbonyl (C=O) groups excluding carboxylic acids is 1. The molecule has 1 rings (SSSR count). The molecule has 5 nitrogen and oxygen atoms in total. The fraction of sp³-hybridized carbons (Fsp3) is 0.333. The first-order valence-corrected chi connectivity index (χ1v) is 5.62. The largest absolute Gasteiger partial charge is 0.478 e. The number of halogens is 3. The maximum absolute atomic E-state index is 12.6. The lowest BCUT2D eigenvalue weighted by Gasteiger charge is -2.14. The van der Waals surface area contributed by atoms with Crippen LogP contribution in [0.5, 0.6) is 0 Å². The van der Waals surface area contributed by atoms with Gasteiger partial charge in [0.05, 0.1) is 16.8 Å². The number of aromatic carboxylic acids is 1. The standard InChI is InChI=1S/C12H13F3N2O3/c1-6(5-16)10(18)17-9-4-7(12(13,14)15)2-3-8(9)11(19)20/h2-4,6H,5,16H2,1H3,(H,17,18)(H,19,20). The number of benzene rings is 1. The summed E-state index contributed by atoms with van der Waals surface area (Å²) < 4.78 is 37.7. The molecule has 1 atom stereocenters. The average Bonchev–Trinajstić information content (AvgIpc) is 2.36. The highest BCUT2D eigenvalue weighted by Gasteiger charge is 2.32. The van der Waals surface area contributed by atoms with Crippen molar-refractivity contribution in [3.05, 3.63) is 29.3 Å². The third kappa shape index (κ3) is 3.70. The molecule has 0 aliphatic carbocycles. The molecule has 0 aliphatic heterocycles. The average molecular weight is 290 g/mol. The first kappa shape index (κ1) is 16.0. The van der Waals surface area contributed by atoms with Gasteiger partial charge in [0.1, 0.15) is 0 Å². The summed E-state index contributed by atoms with van der Waals surface area (Å²) in [6, 6.07) is 2.03.